The molecule has 5 rings (SSSR count). The zero-order valence-electron chi connectivity index (χ0n) is 14.5. The Morgan fingerprint density at radius 3 is 2.59 bits per heavy atom. The Hall–Kier alpha value is -3.35. The second-order valence-corrected chi connectivity index (χ2v) is 6.97. The maximum Gasteiger partial charge on any atom is 0.300 e. The first kappa shape index (κ1) is 15.9. The normalized spacial score (nSPS) is 20.2. The van der Waals surface area contributed by atoms with Gasteiger partial charge in [0.1, 0.15) is 11.5 Å². The summed E-state index contributed by atoms with van der Waals surface area (Å²) in [7, 11) is 0. The van der Waals surface area contributed by atoms with Crippen LogP contribution < -0.4 is 10.5 Å². The lowest BCUT2D eigenvalue weighted by atomic mass is 10.0. The Balaban J connectivity index is 1.82. The molecule has 0 bridgehead atoms. The highest BCUT2D eigenvalue weighted by molar-refractivity contribution is 6.01. The summed E-state index contributed by atoms with van der Waals surface area (Å²) in [5.41, 5.74) is 0.840. The van der Waals surface area contributed by atoms with E-state index in [0.29, 0.717) is 29.8 Å². The summed E-state index contributed by atoms with van der Waals surface area (Å²) >= 11 is 0. The van der Waals surface area contributed by atoms with Crippen LogP contribution >= 0.6 is 0 Å². The average Bonchev–Trinajstić information content (AvgIpc) is 2.98. The van der Waals surface area contributed by atoms with Crippen molar-refractivity contribution >= 4 is 11.6 Å². The third-order valence-electron chi connectivity index (χ3n) is 5.31. The lowest BCUT2D eigenvalue weighted by Gasteiger charge is -2.42. The molecule has 6 nitrogen and oxygen atoms in total. The van der Waals surface area contributed by atoms with Crippen LogP contribution in [-0.2, 0) is 10.5 Å². The maximum absolute atomic E-state index is 13.3. The number of aromatic nitrogens is 3. The van der Waals surface area contributed by atoms with E-state index in [1.807, 2.05) is 31.2 Å². The molecular weight excluding hydrogens is 347 g/mol. The van der Waals surface area contributed by atoms with Crippen LogP contribution in [0.2, 0.25) is 0 Å². The van der Waals surface area contributed by atoms with Gasteiger partial charge in [-0.2, -0.15) is 10.1 Å². The van der Waals surface area contributed by atoms with Gasteiger partial charge >= 0.3 is 0 Å². The van der Waals surface area contributed by atoms with Crippen molar-refractivity contribution in [2.45, 2.75) is 25.4 Å². The van der Waals surface area contributed by atoms with Crippen LogP contribution in [0.15, 0.2) is 53.3 Å². The number of hydrogen-bond donors (Lipinski definition) is 0. The Morgan fingerprint density at radius 1 is 1.07 bits per heavy atom. The predicted octanol–water partition coefficient (Wildman–Crippen LogP) is 2.92. The van der Waals surface area contributed by atoms with E-state index < -0.39 is 17.0 Å². The summed E-state index contributed by atoms with van der Waals surface area (Å²) in [5.74, 6) is 0.0626. The van der Waals surface area contributed by atoms with E-state index in [4.69, 9.17) is 0 Å². The second kappa shape index (κ2) is 5.33. The molecule has 1 atom stereocenters. The fourth-order valence-electron chi connectivity index (χ4n) is 3.97. The van der Waals surface area contributed by atoms with E-state index >= 15 is 0 Å². The third-order valence-corrected chi connectivity index (χ3v) is 5.31. The molecule has 7 heteroatoms. The summed E-state index contributed by atoms with van der Waals surface area (Å²) in [6, 6.07) is 13.0. The van der Waals surface area contributed by atoms with Crippen LogP contribution in [0.1, 0.15) is 19.8 Å². The molecule has 27 heavy (non-hydrogen) atoms. The SMILES string of the molecule is C[C@@]12CCC(=O)N1c1ccccc1-c1nc(=O)c(-c3ccc(F)cc3)nn12. The number of benzene rings is 2. The molecule has 3 heterocycles. The Kier molecular flexibility index (Phi) is 3.13. The molecule has 0 N–H and O–H groups in total. The molecule has 134 valence electrons. The van der Waals surface area contributed by atoms with Crippen LogP contribution in [0, 0.1) is 5.82 Å². The lowest BCUT2D eigenvalue weighted by molar-refractivity contribution is -0.117. The number of carbonyl (C=O) groups excluding carboxylic acids is 1. The quantitative estimate of drug-likeness (QED) is 0.668. The molecule has 0 spiro atoms. The summed E-state index contributed by atoms with van der Waals surface area (Å²) in [5, 5.41) is 4.59. The number of carbonyl (C=O) groups is 1. The topological polar surface area (TPSA) is 68.1 Å². The van der Waals surface area contributed by atoms with Crippen LogP contribution in [-0.4, -0.2) is 20.7 Å². The molecule has 0 saturated carbocycles. The van der Waals surface area contributed by atoms with Gasteiger partial charge < -0.3 is 0 Å². The fourth-order valence-corrected chi connectivity index (χ4v) is 3.97. The van der Waals surface area contributed by atoms with Crippen molar-refractivity contribution in [1.29, 1.82) is 0 Å². The van der Waals surface area contributed by atoms with E-state index in [9.17, 15) is 14.0 Å². The lowest BCUT2D eigenvalue weighted by Crippen LogP contribution is -2.51. The van der Waals surface area contributed by atoms with Crippen molar-refractivity contribution in [3.05, 3.63) is 64.7 Å². The molecule has 2 aliphatic rings. The van der Waals surface area contributed by atoms with Crippen molar-refractivity contribution in [2.75, 3.05) is 4.90 Å². The fraction of sp³-hybridized carbons (Fsp3) is 0.200. The third kappa shape index (κ3) is 2.11. The largest absolute Gasteiger partial charge is 0.300 e. The van der Waals surface area contributed by atoms with Crippen molar-refractivity contribution in [1.82, 2.24) is 14.8 Å². The van der Waals surface area contributed by atoms with Crippen LogP contribution in [0.4, 0.5) is 10.1 Å². The first-order valence-corrected chi connectivity index (χ1v) is 8.69. The Bertz CT molecular complexity index is 1160. The van der Waals surface area contributed by atoms with Crippen LogP contribution in [0.3, 0.4) is 0 Å². The number of nitrogens with zero attached hydrogens (tertiary/aromatic N) is 4. The smallest absolute Gasteiger partial charge is 0.286 e. The summed E-state index contributed by atoms with van der Waals surface area (Å²) in [4.78, 5) is 31.3. The molecule has 1 saturated heterocycles. The van der Waals surface area contributed by atoms with Crippen molar-refractivity contribution in [3.63, 3.8) is 0 Å². The van der Waals surface area contributed by atoms with Gasteiger partial charge in [0.25, 0.3) is 5.56 Å². The van der Waals surface area contributed by atoms with Crippen LogP contribution in [0.25, 0.3) is 22.6 Å². The number of hydrogen-bond acceptors (Lipinski definition) is 4. The molecular formula is C20H15FN4O2. The van der Waals surface area contributed by atoms with Gasteiger partial charge in [0.2, 0.25) is 5.91 Å². The molecule has 0 unspecified atom stereocenters. The predicted molar refractivity (Wildman–Crippen MR) is 97.5 cm³/mol. The summed E-state index contributed by atoms with van der Waals surface area (Å²) in [6.07, 6.45) is 0.956. The van der Waals surface area contributed by atoms with Gasteiger partial charge in [-0.15, -0.1) is 0 Å². The number of rotatable bonds is 1. The second-order valence-electron chi connectivity index (χ2n) is 6.97. The number of amides is 1. The van der Waals surface area contributed by atoms with Gasteiger partial charge in [0, 0.05) is 24.0 Å². The highest BCUT2D eigenvalue weighted by Gasteiger charge is 2.49. The molecule has 1 amide bonds. The molecule has 1 aromatic heterocycles. The highest BCUT2D eigenvalue weighted by atomic mass is 19.1. The van der Waals surface area contributed by atoms with E-state index in [1.165, 1.54) is 24.3 Å². The Morgan fingerprint density at radius 2 is 1.81 bits per heavy atom. The van der Waals surface area contributed by atoms with Crippen molar-refractivity contribution in [2.24, 2.45) is 0 Å². The molecule has 3 aromatic rings. The number of para-hydroxylation sites is 1. The van der Waals surface area contributed by atoms with Gasteiger partial charge in [-0.3, -0.25) is 14.5 Å². The van der Waals surface area contributed by atoms with E-state index in [1.54, 1.807) is 9.58 Å². The minimum absolute atomic E-state index is 0.0134. The number of anilines is 1. The molecule has 1 fully saturated rings. The van der Waals surface area contributed by atoms with Gasteiger partial charge in [-0.25, -0.2) is 9.07 Å². The highest BCUT2D eigenvalue weighted by Crippen LogP contribution is 2.47. The summed E-state index contributed by atoms with van der Waals surface area (Å²) < 4.78 is 14.9. The molecule has 2 aliphatic heterocycles. The minimum atomic E-state index is -0.740. The van der Waals surface area contributed by atoms with E-state index in [-0.39, 0.29) is 11.6 Å². The van der Waals surface area contributed by atoms with Crippen LogP contribution in [0.5, 0.6) is 0 Å². The number of fused-ring (bicyclic) bond motifs is 6. The van der Waals surface area contributed by atoms with Gasteiger partial charge in [-0.05, 0) is 43.3 Å². The standard InChI is InChI=1S/C20H15FN4O2/c1-20-11-10-16(26)24(20)15-5-3-2-4-14(15)18-22-19(27)17(23-25(18)20)12-6-8-13(21)9-7-12/h2-9H,10-11H2,1H3/t20-/m1/s1. The van der Waals surface area contributed by atoms with E-state index in [2.05, 4.69) is 10.1 Å². The zero-order valence-corrected chi connectivity index (χ0v) is 14.5. The molecule has 2 aromatic carbocycles. The van der Waals surface area contributed by atoms with Gasteiger partial charge in [0.05, 0.1) is 5.69 Å². The van der Waals surface area contributed by atoms with E-state index in [0.717, 1.165) is 5.69 Å². The zero-order chi connectivity index (χ0) is 18.8. The maximum atomic E-state index is 13.3. The van der Waals surface area contributed by atoms with Gasteiger partial charge in [0.15, 0.2) is 11.5 Å². The molecule has 0 radical (unpaired) electrons. The average molecular weight is 362 g/mol. The Labute approximate surface area is 153 Å². The minimum Gasteiger partial charge on any atom is -0.286 e. The first-order valence-electron chi connectivity index (χ1n) is 8.69. The van der Waals surface area contributed by atoms with Crippen molar-refractivity contribution in [3.8, 4) is 22.6 Å². The monoisotopic (exact) mass is 362 g/mol. The summed E-state index contributed by atoms with van der Waals surface area (Å²) in [6.45, 7) is 1.92. The first-order chi connectivity index (χ1) is 13.0. The van der Waals surface area contributed by atoms with Gasteiger partial charge in [-0.1, -0.05) is 12.1 Å². The van der Waals surface area contributed by atoms with Crippen molar-refractivity contribution < 1.29 is 9.18 Å². The number of halogens is 1. The molecule has 0 aliphatic carbocycles.